The fourth-order valence-electron chi connectivity index (χ4n) is 3.30. The number of carbonyl (C=O) groups is 2. The Morgan fingerprint density at radius 1 is 1.38 bits per heavy atom. The summed E-state index contributed by atoms with van der Waals surface area (Å²) >= 11 is 6.12. The largest absolute Gasteiger partial charge is 0.336 e. The summed E-state index contributed by atoms with van der Waals surface area (Å²) in [6.07, 6.45) is 2.29. The van der Waals surface area contributed by atoms with Crippen molar-refractivity contribution < 1.29 is 9.59 Å². The number of nitrogens with zero attached hydrogens (tertiary/aromatic N) is 2. The van der Waals surface area contributed by atoms with Gasteiger partial charge in [0.25, 0.3) is 0 Å². The van der Waals surface area contributed by atoms with Crippen LogP contribution in [0, 0.1) is 0 Å². The third kappa shape index (κ3) is 2.64. The van der Waals surface area contributed by atoms with Crippen molar-refractivity contribution in [3.05, 3.63) is 34.9 Å². The zero-order valence-corrected chi connectivity index (χ0v) is 12.8. The highest BCUT2D eigenvalue weighted by atomic mass is 35.5. The van der Waals surface area contributed by atoms with Crippen molar-refractivity contribution in [2.75, 3.05) is 13.1 Å². The number of carbonyl (C=O) groups excluding carboxylic acids is 2. The Morgan fingerprint density at radius 3 is 2.90 bits per heavy atom. The second kappa shape index (κ2) is 5.68. The normalized spacial score (nSPS) is 25.1. The molecule has 0 aliphatic carbocycles. The fraction of sp³-hybridized carbons (Fsp3) is 0.500. The molecule has 1 aromatic carbocycles. The molecule has 0 aromatic heterocycles. The van der Waals surface area contributed by atoms with Crippen LogP contribution in [0.2, 0.25) is 5.02 Å². The quantitative estimate of drug-likeness (QED) is 0.839. The van der Waals surface area contributed by atoms with Crippen molar-refractivity contribution >= 4 is 23.4 Å². The lowest BCUT2D eigenvalue weighted by Crippen LogP contribution is -2.60. The Balaban J connectivity index is 1.75. The first-order valence-electron chi connectivity index (χ1n) is 7.41. The van der Waals surface area contributed by atoms with E-state index in [0.29, 0.717) is 11.6 Å². The summed E-state index contributed by atoms with van der Waals surface area (Å²) in [7, 11) is 0. The second-order valence-electron chi connectivity index (χ2n) is 5.82. The Hall–Kier alpha value is -1.55. The fourth-order valence-corrected chi connectivity index (χ4v) is 3.50. The van der Waals surface area contributed by atoms with Gasteiger partial charge >= 0.3 is 0 Å². The Bertz CT molecular complexity index is 575. The summed E-state index contributed by atoms with van der Waals surface area (Å²) in [5, 5.41) is 0.601. The standard InChI is InChI=1S/C16H19ClN2O2/c1-11-16(21)18-8-4-6-13(18)10-19(11)15(20)9-12-5-2-3-7-14(12)17/h2-3,5,7,11,13H,4,6,8-10H2,1H3/t11-,13+/m1/s1. The van der Waals surface area contributed by atoms with Gasteiger partial charge in [-0.15, -0.1) is 0 Å². The minimum atomic E-state index is -0.366. The zero-order valence-electron chi connectivity index (χ0n) is 12.1. The van der Waals surface area contributed by atoms with Gasteiger partial charge in [-0.1, -0.05) is 29.8 Å². The van der Waals surface area contributed by atoms with Gasteiger partial charge in [0, 0.05) is 24.2 Å². The highest BCUT2D eigenvalue weighted by molar-refractivity contribution is 6.31. The number of hydrogen-bond donors (Lipinski definition) is 0. The predicted octanol–water partition coefficient (Wildman–Crippen LogP) is 2.10. The highest BCUT2D eigenvalue weighted by Crippen LogP contribution is 2.26. The molecule has 0 N–H and O–H groups in total. The number of rotatable bonds is 2. The van der Waals surface area contributed by atoms with Gasteiger partial charge < -0.3 is 9.80 Å². The van der Waals surface area contributed by atoms with Gasteiger partial charge in [0.2, 0.25) is 11.8 Å². The first-order valence-corrected chi connectivity index (χ1v) is 7.79. The average molecular weight is 307 g/mol. The Kier molecular flexibility index (Phi) is 3.89. The van der Waals surface area contributed by atoms with E-state index >= 15 is 0 Å². The number of benzene rings is 1. The molecule has 3 rings (SSSR count). The first kappa shape index (κ1) is 14.4. The molecule has 0 bridgehead atoms. The number of halogens is 1. The summed E-state index contributed by atoms with van der Waals surface area (Å²) in [6, 6.07) is 7.20. The molecule has 2 fully saturated rings. The molecule has 4 nitrogen and oxygen atoms in total. The second-order valence-corrected chi connectivity index (χ2v) is 6.23. The molecule has 1 aromatic rings. The third-order valence-corrected chi connectivity index (χ3v) is 4.88. The van der Waals surface area contributed by atoms with E-state index < -0.39 is 0 Å². The van der Waals surface area contributed by atoms with E-state index in [2.05, 4.69) is 0 Å². The Labute approximate surface area is 129 Å². The molecular formula is C16H19ClN2O2. The van der Waals surface area contributed by atoms with Gasteiger partial charge in [-0.05, 0) is 31.4 Å². The van der Waals surface area contributed by atoms with Crippen LogP contribution in [0.5, 0.6) is 0 Å². The number of amides is 2. The number of piperazine rings is 1. The lowest BCUT2D eigenvalue weighted by Gasteiger charge is -2.41. The summed E-state index contributed by atoms with van der Waals surface area (Å²) in [4.78, 5) is 28.6. The van der Waals surface area contributed by atoms with E-state index in [1.54, 1.807) is 11.0 Å². The van der Waals surface area contributed by atoms with Crippen LogP contribution in [0.25, 0.3) is 0 Å². The lowest BCUT2D eigenvalue weighted by atomic mass is 10.0. The smallest absolute Gasteiger partial charge is 0.245 e. The zero-order chi connectivity index (χ0) is 15.0. The predicted molar refractivity (Wildman–Crippen MR) is 81.1 cm³/mol. The SMILES string of the molecule is C[C@@H]1C(=O)N2CCC[C@H]2CN1C(=O)Cc1ccccc1Cl. The molecule has 21 heavy (non-hydrogen) atoms. The minimum Gasteiger partial charge on any atom is -0.336 e. The molecule has 5 heteroatoms. The van der Waals surface area contributed by atoms with Gasteiger partial charge in [-0.25, -0.2) is 0 Å². The van der Waals surface area contributed by atoms with Crippen molar-refractivity contribution in [1.29, 1.82) is 0 Å². The van der Waals surface area contributed by atoms with Crippen molar-refractivity contribution in [2.24, 2.45) is 0 Å². The molecule has 2 amide bonds. The summed E-state index contributed by atoms with van der Waals surface area (Å²) < 4.78 is 0. The van der Waals surface area contributed by atoms with Crippen LogP contribution in [-0.4, -0.2) is 46.8 Å². The summed E-state index contributed by atoms with van der Waals surface area (Å²) in [6.45, 7) is 3.30. The maximum atomic E-state index is 12.6. The molecule has 0 spiro atoms. The monoisotopic (exact) mass is 306 g/mol. The van der Waals surface area contributed by atoms with Crippen LogP contribution in [0.1, 0.15) is 25.3 Å². The van der Waals surface area contributed by atoms with Crippen LogP contribution in [0.3, 0.4) is 0 Å². The average Bonchev–Trinajstić information content (AvgIpc) is 2.93. The summed E-state index contributed by atoms with van der Waals surface area (Å²) in [5.41, 5.74) is 0.817. The van der Waals surface area contributed by atoms with Crippen LogP contribution < -0.4 is 0 Å². The van der Waals surface area contributed by atoms with E-state index in [9.17, 15) is 9.59 Å². The Morgan fingerprint density at radius 2 is 2.14 bits per heavy atom. The molecule has 2 saturated heterocycles. The minimum absolute atomic E-state index is 0.0181. The van der Waals surface area contributed by atoms with E-state index in [1.807, 2.05) is 30.0 Å². The van der Waals surface area contributed by atoms with Crippen molar-refractivity contribution in [3.8, 4) is 0 Å². The number of fused-ring (bicyclic) bond motifs is 1. The molecule has 2 heterocycles. The third-order valence-electron chi connectivity index (χ3n) is 4.51. The summed E-state index contributed by atoms with van der Waals surface area (Å²) in [5.74, 6) is 0.0618. The maximum Gasteiger partial charge on any atom is 0.245 e. The molecule has 2 aliphatic heterocycles. The van der Waals surface area contributed by atoms with Gasteiger partial charge in [-0.3, -0.25) is 9.59 Å². The topological polar surface area (TPSA) is 40.6 Å². The molecule has 2 atom stereocenters. The highest BCUT2D eigenvalue weighted by Gasteiger charge is 2.41. The van der Waals surface area contributed by atoms with Crippen LogP contribution in [0.15, 0.2) is 24.3 Å². The molecule has 2 aliphatic rings. The molecule has 0 radical (unpaired) electrons. The maximum absolute atomic E-state index is 12.6. The number of hydrogen-bond acceptors (Lipinski definition) is 2. The molecule has 0 unspecified atom stereocenters. The first-order chi connectivity index (χ1) is 10.1. The van der Waals surface area contributed by atoms with Crippen molar-refractivity contribution in [2.45, 2.75) is 38.3 Å². The van der Waals surface area contributed by atoms with Crippen molar-refractivity contribution in [1.82, 2.24) is 9.80 Å². The van der Waals surface area contributed by atoms with E-state index in [1.165, 1.54) is 0 Å². The van der Waals surface area contributed by atoms with Gasteiger partial charge in [0.15, 0.2) is 0 Å². The van der Waals surface area contributed by atoms with Gasteiger partial charge in [0.1, 0.15) is 6.04 Å². The van der Waals surface area contributed by atoms with Gasteiger partial charge in [-0.2, -0.15) is 0 Å². The van der Waals surface area contributed by atoms with Crippen LogP contribution >= 0.6 is 11.6 Å². The van der Waals surface area contributed by atoms with Gasteiger partial charge in [0.05, 0.1) is 6.42 Å². The molecule has 0 saturated carbocycles. The van der Waals surface area contributed by atoms with Crippen LogP contribution in [-0.2, 0) is 16.0 Å². The van der Waals surface area contributed by atoms with Crippen LogP contribution in [0.4, 0.5) is 0 Å². The van der Waals surface area contributed by atoms with E-state index in [0.717, 1.165) is 24.9 Å². The van der Waals surface area contributed by atoms with E-state index in [4.69, 9.17) is 11.6 Å². The molecule has 112 valence electrons. The molecular weight excluding hydrogens is 288 g/mol. The van der Waals surface area contributed by atoms with E-state index in [-0.39, 0.29) is 30.3 Å². The lowest BCUT2D eigenvalue weighted by molar-refractivity contribution is -0.152. The van der Waals surface area contributed by atoms with Crippen molar-refractivity contribution in [3.63, 3.8) is 0 Å².